The van der Waals surface area contributed by atoms with Gasteiger partial charge < -0.3 is 10.2 Å². The fraction of sp³-hybridized carbons (Fsp3) is 0.467. The summed E-state index contributed by atoms with van der Waals surface area (Å²) in [5.74, 6) is -0.471. The van der Waals surface area contributed by atoms with Gasteiger partial charge in [-0.3, -0.25) is 4.79 Å². The summed E-state index contributed by atoms with van der Waals surface area (Å²) in [7, 11) is 0. The Labute approximate surface area is 118 Å². The number of hydrogen-bond donors (Lipinski definition) is 1. The molecule has 1 amide bonds. The third kappa shape index (κ3) is 3.08. The molecule has 0 aromatic heterocycles. The lowest BCUT2D eigenvalue weighted by molar-refractivity contribution is -0.121. The van der Waals surface area contributed by atoms with Crippen LogP contribution in [0.25, 0.3) is 0 Å². The quantitative estimate of drug-likeness (QED) is 0.920. The normalized spacial score (nSPS) is 18.4. The van der Waals surface area contributed by atoms with E-state index in [1.165, 1.54) is 6.07 Å². The number of hydrogen-bond acceptors (Lipinski definition) is 3. The molecule has 0 unspecified atom stereocenters. The predicted molar refractivity (Wildman–Crippen MR) is 74.8 cm³/mol. The van der Waals surface area contributed by atoms with Crippen molar-refractivity contribution in [2.45, 2.75) is 32.2 Å². The third-order valence-electron chi connectivity index (χ3n) is 3.55. The number of carbonyl (C=O) groups excluding carboxylic acids is 1. The van der Waals surface area contributed by atoms with E-state index in [0.717, 1.165) is 19.4 Å². The average Bonchev–Trinajstić information content (AvgIpc) is 2.47. The lowest BCUT2D eigenvalue weighted by Gasteiger charge is -2.35. The molecule has 0 aliphatic carbocycles. The van der Waals surface area contributed by atoms with Gasteiger partial charge in [-0.25, -0.2) is 4.39 Å². The minimum atomic E-state index is -0.496. The number of piperidine rings is 1. The highest BCUT2D eigenvalue weighted by atomic mass is 19.1. The molecule has 1 atom stereocenters. The molecule has 2 rings (SSSR count). The van der Waals surface area contributed by atoms with Gasteiger partial charge in [-0.1, -0.05) is 13.0 Å². The first-order valence-corrected chi connectivity index (χ1v) is 6.88. The lowest BCUT2D eigenvalue weighted by atomic mass is 10.0. The van der Waals surface area contributed by atoms with Crippen molar-refractivity contribution < 1.29 is 9.18 Å². The Hall–Kier alpha value is -2.09. The first-order valence-electron chi connectivity index (χ1n) is 6.88. The Kier molecular flexibility index (Phi) is 4.57. The number of halogens is 1. The second-order valence-corrected chi connectivity index (χ2v) is 4.95. The summed E-state index contributed by atoms with van der Waals surface area (Å²) in [6.07, 6.45) is 2.29. The van der Waals surface area contributed by atoms with Gasteiger partial charge >= 0.3 is 0 Å². The van der Waals surface area contributed by atoms with Crippen molar-refractivity contribution in [2.24, 2.45) is 0 Å². The summed E-state index contributed by atoms with van der Waals surface area (Å²) in [5, 5.41) is 12.1. The molecule has 1 aliphatic rings. The van der Waals surface area contributed by atoms with E-state index in [1.54, 1.807) is 12.1 Å². The van der Waals surface area contributed by atoms with E-state index in [2.05, 4.69) is 5.32 Å². The van der Waals surface area contributed by atoms with Crippen LogP contribution in [0.1, 0.15) is 31.7 Å². The van der Waals surface area contributed by atoms with Crippen molar-refractivity contribution in [2.75, 3.05) is 18.0 Å². The summed E-state index contributed by atoms with van der Waals surface area (Å²) in [6.45, 7) is 3.21. The van der Waals surface area contributed by atoms with Crippen LogP contribution in [-0.2, 0) is 4.79 Å². The van der Waals surface area contributed by atoms with Crippen LogP contribution < -0.4 is 10.2 Å². The molecule has 1 aromatic carbocycles. The molecule has 1 N–H and O–H groups in total. The Morgan fingerprint density at radius 3 is 3.10 bits per heavy atom. The highest BCUT2D eigenvalue weighted by Gasteiger charge is 2.23. The van der Waals surface area contributed by atoms with Crippen molar-refractivity contribution in [1.29, 1.82) is 5.26 Å². The van der Waals surface area contributed by atoms with E-state index in [4.69, 9.17) is 5.26 Å². The molecule has 0 saturated carbocycles. The Morgan fingerprint density at radius 1 is 1.60 bits per heavy atom. The molecule has 1 aliphatic heterocycles. The van der Waals surface area contributed by atoms with Gasteiger partial charge in [-0.05, 0) is 25.0 Å². The zero-order valence-electron chi connectivity index (χ0n) is 11.5. The maximum Gasteiger partial charge on any atom is 0.219 e. The predicted octanol–water partition coefficient (Wildman–Crippen LogP) is 2.19. The second-order valence-electron chi connectivity index (χ2n) is 4.95. The zero-order valence-corrected chi connectivity index (χ0v) is 11.5. The van der Waals surface area contributed by atoms with Gasteiger partial charge in [-0.2, -0.15) is 5.26 Å². The van der Waals surface area contributed by atoms with E-state index in [-0.39, 0.29) is 17.5 Å². The van der Waals surface area contributed by atoms with Gasteiger partial charge in [0.05, 0.1) is 5.69 Å². The summed E-state index contributed by atoms with van der Waals surface area (Å²) >= 11 is 0. The second kappa shape index (κ2) is 6.38. The fourth-order valence-electron chi connectivity index (χ4n) is 2.53. The standard InChI is InChI=1S/C15H18FN3O/c1-2-15(20)18-11-5-4-8-19(10-11)14-7-3-6-13(16)12(14)9-17/h3,6-7,11H,2,4-5,8,10H2,1H3,(H,18,20)/t11-/m1/s1. The molecule has 0 radical (unpaired) electrons. The largest absolute Gasteiger partial charge is 0.368 e. The molecule has 0 spiro atoms. The van der Waals surface area contributed by atoms with Gasteiger partial charge in [0.15, 0.2) is 0 Å². The monoisotopic (exact) mass is 275 g/mol. The molecular formula is C15H18FN3O. The van der Waals surface area contributed by atoms with Crippen molar-refractivity contribution in [3.63, 3.8) is 0 Å². The van der Waals surface area contributed by atoms with E-state index >= 15 is 0 Å². The molecular weight excluding hydrogens is 257 g/mol. The number of benzene rings is 1. The van der Waals surface area contributed by atoms with Crippen LogP contribution in [0.5, 0.6) is 0 Å². The lowest BCUT2D eigenvalue weighted by Crippen LogP contribution is -2.47. The van der Waals surface area contributed by atoms with Crippen molar-refractivity contribution in [3.05, 3.63) is 29.6 Å². The molecule has 1 saturated heterocycles. The number of rotatable bonds is 3. The molecule has 1 heterocycles. The van der Waals surface area contributed by atoms with Crippen LogP contribution in [0, 0.1) is 17.1 Å². The topological polar surface area (TPSA) is 56.1 Å². The third-order valence-corrected chi connectivity index (χ3v) is 3.55. The first kappa shape index (κ1) is 14.3. The number of carbonyl (C=O) groups is 1. The summed E-state index contributed by atoms with van der Waals surface area (Å²) in [5.41, 5.74) is 0.693. The number of nitrogens with one attached hydrogen (secondary N) is 1. The number of amides is 1. The minimum Gasteiger partial charge on any atom is -0.368 e. The summed E-state index contributed by atoms with van der Waals surface area (Å²) in [6, 6.07) is 6.65. The van der Waals surface area contributed by atoms with E-state index in [0.29, 0.717) is 18.7 Å². The highest BCUT2D eigenvalue weighted by molar-refractivity contribution is 5.76. The van der Waals surface area contributed by atoms with Crippen molar-refractivity contribution in [3.8, 4) is 6.07 Å². The molecule has 20 heavy (non-hydrogen) atoms. The van der Waals surface area contributed by atoms with Crippen LogP contribution in [0.15, 0.2) is 18.2 Å². The maximum absolute atomic E-state index is 13.6. The summed E-state index contributed by atoms with van der Waals surface area (Å²) in [4.78, 5) is 13.4. The average molecular weight is 275 g/mol. The first-order chi connectivity index (χ1) is 9.65. The summed E-state index contributed by atoms with van der Waals surface area (Å²) < 4.78 is 13.6. The van der Waals surface area contributed by atoms with Crippen LogP contribution in [0.3, 0.4) is 0 Å². The van der Waals surface area contributed by atoms with E-state index < -0.39 is 5.82 Å². The van der Waals surface area contributed by atoms with Crippen molar-refractivity contribution >= 4 is 11.6 Å². The van der Waals surface area contributed by atoms with Gasteiger partial charge in [-0.15, -0.1) is 0 Å². The van der Waals surface area contributed by atoms with E-state index in [9.17, 15) is 9.18 Å². The van der Waals surface area contributed by atoms with Crippen LogP contribution in [0.4, 0.5) is 10.1 Å². The molecule has 106 valence electrons. The van der Waals surface area contributed by atoms with Gasteiger partial charge in [0.2, 0.25) is 5.91 Å². The Morgan fingerprint density at radius 2 is 2.40 bits per heavy atom. The molecule has 0 bridgehead atoms. The number of nitrogens with zero attached hydrogens (tertiary/aromatic N) is 2. The van der Waals surface area contributed by atoms with Crippen LogP contribution >= 0.6 is 0 Å². The fourth-order valence-corrected chi connectivity index (χ4v) is 2.53. The molecule has 1 aromatic rings. The molecule has 4 nitrogen and oxygen atoms in total. The SMILES string of the molecule is CCC(=O)N[C@@H]1CCCN(c2cccc(F)c2C#N)C1. The van der Waals surface area contributed by atoms with Gasteiger partial charge in [0, 0.05) is 25.6 Å². The highest BCUT2D eigenvalue weighted by Crippen LogP contribution is 2.25. The molecule has 5 heteroatoms. The van der Waals surface area contributed by atoms with Gasteiger partial charge in [0.1, 0.15) is 17.4 Å². The number of anilines is 1. The zero-order chi connectivity index (χ0) is 14.5. The number of nitriles is 1. The molecule has 1 fully saturated rings. The van der Waals surface area contributed by atoms with E-state index in [1.807, 2.05) is 17.9 Å². The van der Waals surface area contributed by atoms with Crippen molar-refractivity contribution in [1.82, 2.24) is 5.32 Å². The van der Waals surface area contributed by atoms with Gasteiger partial charge in [0.25, 0.3) is 0 Å². The maximum atomic E-state index is 13.6. The van der Waals surface area contributed by atoms with Crippen LogP contribution in [-0.4, -0.2) is 25.0 Å². The van der Waals surface area contributed by atoms with Crippen LogP contribution in [0.2, 0.25) is 0 Å². The smallest absolute Gasteiger partial charge is 0.219 e. The Balaban J connectivity index is 2.15. The minimum absolute atomic E-state index is 0.0246. The Bertz CT molecular complexity index is 538.